The van der Waals surface area contributed by atoms with Gasteiger partial charge in [-0.15, -0.1) is 0 Å². The lowest BCUT2D eigenvalue weighted by Gasteiger charge is -2.35. The Balaban J connectivity index is 1.36. The van der Waals surface area contributed by atoms with Crippen LogP contribution < -0.4 is 15.1 Å². The van der Waals surface area contributed by atoms with Crippen LogP contribution in [0.2, 0.25) is 0 Å². The van der Waals surface area contributed by atoms with Crippen molar-refractivity contribution in [3.05, 3.63) is 29.8 Å². The molecule has 1 saturated carbocycles. The van der Waals surface area contributed by atoms with Crippen LogP contribution in [0.25, 0.3) is 0 Å². The van der Waals surface area contributed by atoms with E-state index in [0.717, 1.165) is 23.8 Å². The van der Waals surface area contributed by atoms with Gasteiger partial charge in [0.2, 0.25) is 0 Å². The molecule has 3 aliphatic rings. The number of quaternary nitrogens is 1. The highest BCUT2D eigenvalue weighted by Crippen LogP contribution is 2.42. The number of alkyl halides is 3. The summed E-state index contributed by atoms with van der Waals surface area (Å²) in [5, 5.41) is 2.84. The van der Waals surface area contributed by atoms with E-state index in [0.29, 0.717) is 38.5 Å². The third kappa shape index (κ3) is 3.43. The van der Waals surface area contributed by atoms with Crippen LogP contribution in [0.3, 0.4) is 0 Å². The average Bonchev–Trinajstić information content (AvgIpc) is 3.48. The van der Waals surface area contributed by atoms with Gasteiger partial charge in [0.25, 0.3) is 5.91 Å². The second-order valence-electron chi connectivity index (χ2n) is 8.08. The highest BCUT2D eigenvalue weighted by Gasteiger charge is 2.56. The molecule has 9 heteroatoms. The van der Waals surface area contributed by atoms with Crippen LogP contribution in [0.5, 0.6) is 0 Å². The molecule has 6 nitrogen and oxygen atoms in total. The quantitative estimate of drug-likeness (QED) is 0.748. The first-order valence-electron chi connectivity index (χ1n) is 9.58. The minimum absolute atomic E-state index is 0.159. The van der Waals surface area contributed by atoms with Crippen molar-refractivity contribution < 1.29 is 27.7 Å². The number of rotatable bonds is 4. The molecule has 2 N–H and O–H groups in total. The van der Waals surface area contributed by atoms with E-state index in [-0.39, 0.29) is 17.9 Å². The Labute approximate surface area is 161 Å². The van der Waals surface area contributed by atoms with Gasteiger partial charge in [-0.2, -0.15) is 13.2 Å². The number of halogens is 3. The molecule has 1 atom stereocenters. The first-order chi connectivity index (χ1) is 13.2. The van der Waals surface area contributed by atoms with Gasteiger partial charge in [-0.1, -0.05) is 6.07 Å². The maximum atomic E-state index is 12.9. The number of hydrogen-bond acceptors (Lipinski definition) is 3. The molecule has 1 aliphatic carbocycles. The van der Waals surface area contributed by atoms with E-state index in [1.54, 1.807) is 13.0 Å². The Morgan fingerprint density at radius 2 is 1.89 bits per heavy atom. The molecule has 2 saturated heterocycles. The van der Waals surface area contributed by atoms with Crippen LogP contribution >= 0.6 is 0 Å². The minimum Gasteiger partial charge on any atom is -0.360 e. The van der Waals surface area contributed by atoms with Crippen LogP contribution in [0.15, 0.2) is 24.3 Å². The summed E-state index contributed by atoms with van der Waals surface area (Å²) in [6.45, 7) is 4.52. The zero-order valence-corrected chi connectivity index (χ0v) is 15.7. The summed E-state index contributed by atoms with van der Waals surface area (Å²) in [6.07, 6.45) is -2.45. The van der Waals surface area contributed by atoms with Gasteiger partial charge in [-0.25, -0.2) is 9.69 Å². The lowest BCUT2D eigenvalue weighted by molar-refractivity contribution is -0.907. The van der Waals surface area contributed by atoms with Crippen LogP contribution in [-0.2, 0) is 11.0 Å². The van der Waals surface area contributed by atoms with Crippen molar-refractivity contribution in [3.63, 3.8) is 0 Å². The lowest BCUT2D eigenvalue weighted by atomic mass is 9.96. The molecule has 0 aromatic heterocycles. The maximum Gasteiger partial charge on any atom is 0.416 e. The van der Waals surface area contributed by atoms with E-state index in [1.807, 2.05) is 4.90 Å². The Morgan fingerprint density at radius 3 is 2.50 bits per heavy atom. The van der Waals surface area contributed by atoms with E-state index in [2.05, 4.69) is 5.32 Å². The summed E-state index contributed by atoms with van der Waals surface area (Å²) in [5.74, 6) is 0.0644. The molecule has 4 rings (SSSR count). The number of carbonyl (C=O) groups excluding carboxylic acids is 2. The van der Waals surface area contributed by atoms with Gasteiger partial charge < -0.3 is 15.1 Å². The number of anilines is 1. The third-order valence-electron chi connectivity index (χ3n) is 6.09. The fourth-order valence-electron chi connectivity index (χ4n) is 4.14. The largest absolute Gasteiger partial charge is 0.416 e. The van der Waals surface area contributed by atoms with E-state index in [4.69, 9.17) is 0 Å². The molecule has 3 fully saturated rings. The van der Waals surface area contributed by atoms with Gasteiger partial charge in [-0.05, 0) is 43.9 Å². The van der Waals surface area contributed by atoms with E-state index in [9.17, 15) is 22.8 Å². The van der Waals surface area contributed by atoms with Gasteiger partial charge in [-0.3, -0.25) is 4.79 Å². The lowest BCUT2D eigenvalue weighted by Crippen LogP contribution is -3.16. The Morgan fingerprint density at radius 1 is 1.21 bits per heavy atom. The van der Waals surface area contributed by atoms with Crippen molar-refractivity contribution in [3.8, 4) is 0 Å². The summed E-state index contributed by atoms with van der Waals surface area (Å²) in [4.78, 5) is 29.3. The molecule has 1 aromatic rings. The molecular weight excluding hydrogens is 373 g/mol. The molecule has 1 aromatic carbocycles. The second-order valence-corrected chi connectivity index (χ2v) is 8.08. The van der Waals surface area contributed by atoms with Crippen molar-refractivity contribution in [2.24, 2.45) is 5.92 Å². The molecule has 2 heterocycles. The average molecular weight is 397 g/mol. The van der Waals surface area contributed by atoms with Gasteiger partial charge in [0, 0.05) is 5.69 Å². The third-order valence-corrected chi connectivity index (χ3v) is 6.09. The Bertz CT molecular complexity index is 788. The molecule has 0 unspecified atom stereocenters. The highest BCUT2D eigenvalue weighted by molar-refractivity contribution is 6.07. The summed E-state index contributed by atoms with van der Waals surface area (Å²) in [7, 11) is 0. The number of carbonyl (C=O) groups is 2. The van der Waals surface area contributed by atoms with Crippen molar-refractivity contribution in [1.29, 1.82) is 0 Å². The normalized spacial score (nSPS) is 26.7. The second kappa shape index (κ2) is 6.65. The highest BCUT2D eigenvalue weighted by atomic mass is 19.4. The molecule has 0 spiro atoms. The predicted molar refractivity (Wildman–Crippen MR) is 95.7 cm³/mol. The van der Waals surface area contributed by atoms with E-state index >= 15 is 0 Å². The molecule has 152 valence electrons. The first kappa shape index (κ1) is 19.0. The number of nitrogens with one attached hydrogen (secondary N) is 2. The SMILES string of the molecule is C[C@]1(C2CC2)NC(=O)N(C[NH+]2CCN(c3cccc(C(F)(F)F)c3)CC2)C1=O. The molecule has 3 amide bonds. The van der Waals surface area contributed by atoms with Gasteiger partial charge in [0.05, 0.1) is 31.7 Å². The zero-order valence-electron chi connectivity index (χ0n) is 15.7. The van der Waals surface area contributed by atoms with Crippen molar-refractivity contribution in [2.45, 2.75) is 31.5 Å². The fourth-order valence-corrected chi connectivity index (χ4v) is 4.14. The first-order valence-corrected chi connectivity index (χ1v) is 9.58. The van der Waals surface area contributed by atoms with Crippen LogP contribution in [0, 0.1) is 5.92 Å². The van der Waals surface area contributed by atoms with E-state index in [1.165, 1.54) is 17.0 Å². The summed E-state index contributed by atoms with van der Waals surface area (Å²) < 4.78 is 38.8. The van der Waals surface area contributed by atoms with Crippen molar-refractivity contribution in [2.75, 3.05) is 37.7 Å². The Kier molecular flexibility index (Phi) is 4.52. The Hall–Kier alpha value is -2.29. The summed E-state index contributed by atoms with van der Waals surface area (Å²) in [6, 6.07) is 5.00. The number of nitrogens with zero attached hydrogens (tertiary/aromatic N) is 2. The number of amides is 3. The fraction of sp³-hybridized carbons (Fsp3) is 0.579. The maximum absolute atomic E-state index is 12.9. The van der Waals surface area contributed by atoms with Crippen LogP contribution in [0.1, 0.15) is 25.3 Å². The molecule has 0 radical (unpaired) electrons. The van der Waals surface area contributed by atoms with Crippen LogP contribution in [0.4, 0.5) is 23.7 Å². The van der Waals surface area contributed by atoms with Gasteiger partial charge in [0.1, 0.15) is 5.54 Å². The van der Waals surface area contributed by atoms with Crippen molar-refractivity contribution in [1.82, 2.24) is 10.2 Å². The molecule has 28 heavy (non-hydrogen) atoms. The molecule has 0 bridgehead atoms. The zero-order chi connectivity index (χ0) is 20.1. The number of piperazine rings is 1. The number of urea groups is 1. The van der Waals surface area contributed by atoms with E-state index < -0.39 is 17.3 Å². The minimum atomic E-state index is -4.36. The summed E-state index contributed by atoms with van der Waals surface area (Å²) >= 11 is 0. The summed E-state index contributed by atoms with van der Waals surface area (Å²) in [5.41, 5.74) is -0.889. The molecule has 2 aliphatic heterocycles. The monoisotopic (exact) mass is 397 g/mol. The van der Waals surface area contributed by atoms with Gasteiger partial charge >= 0.3 is 12.2 Å². The number of hydrogen-bond donors (Lipinski definition) is 2. The molecular formula is C19H24F3N4O2+. The predicted octanol–water partition coefficient (Wildman–Crippen LogP) is 1.09. The van der Waals surface area contributed by atoms with Crippen molar-refractivity contribution >= 4 is 17.6 Å². The topological polar surface area (TPSA) is 57.1 Å². The standard InChI is InChI=1S/C19H23F3N4O2/c1-18(13-5-6-13)16(27)26(17(28)23-18)12-24-7-9-25(10-8-24)15-4-2-3-14(11-15)19(20,21)22/h2-4,11,13H,5-10,12H2,1H3,(H,23,28)/p+1/t18-/m1/s1. The smallest absolute Gasteiger partial charge is 0.360 e. The van der Waals surface area contributed by atoms with Crippen LogP contribution in [-0.4, -0.2) is 55.2 Å². The van der Waals surface area contributed by atoms with Gasteiger partial charge in [0.15, 0.2) is 6.67 Å². The number of imide groups is 1. The number of benzene rings is 1.